The summed E-state index contributed by atoms with van der Waals surface area (Å²) in [6.07, 6.45) is 0.569. The van der Waals surface area contributed by atoms with E-state index in [4.69, 9.17) is 9.15 Å². The van der Waals surface area contributed by atoms with Crippen LogP contribution < -0.4 is 14.7 Å². The van der Waals surface area contributed by atoms with Gasteiger partial charge in [0.25, 0.3) is 0 Å². The fourth-order valence-electron chi connectivity index (χ4n) is 3.62. The van der Waals surface area contributed by atoms with Gasteiger partial charge in [0.1, 0.15) is 11.3 Å². The summed E-state index contributed by atoms with van der Waals surface area (Å²) in [5.41, 5.74) is 2.70. The lowest BCUT2D eigenvalue weighted by molar-refractivity contribution is 0.0921. The largest absolute Gasteiger partial charge is 0.485 e. The highest BCUT2D eigenvalue weighted by Crippen LogP contribution is 2.31. The standard InChI is InChI=1S/C22H21NO6S/c1-3-30(26,27)23-9-8-15-11-16(4-7-19(15)23)20(24)13-28-17-5-6-18-14(2)10-22(25)29-21(18)12-17/h4-7,10-12H,3,8-9,13H2,1-2H3. The molecule has 156 valence electrons. The fourth-order valence-corrected chi connectivity index (χ4v) is 4.78. The molecule has 0 saturated heterocycles. The normalized spacial score (nSPS) is 13.5. The molecule has 1 aliphatic heterocycles. The number of carbonyl (C=O) groups excluding carboxylic acids is 1. The van der Waals surface area contributed by atoms with Gasteiger partial charge < -0.3 is 9.15 Å². The van der Waals surface area contributed by atoms with E-state index < -0.39 is 15.6 Å². The second-order valence-corrected chi connectivity index (χ2v) is 9.37. The van der Waals surface area contributed by atoms with Crippen LogP contribution in [0.4, 0.5) is 5.69 Å². The van der Waals surface area contributed by atoms with Crippen LogP contribution in [0.25, 0.3) is 11.0 Å². The molecular formula is C22H21NO6S. The van der Waals surface area contributed by atoms with Crippen LogP contribution in [0.15, 0.2) is 51.7 Å². The van der Waals surface area contributed by atoms with Crippen LogP contribution in [0.3, 0.4) is 0 Å². The highest BCUT2D eigenvalue weighted by molar-refractivity contribution is 7.92. The van der Waals surface area contributed by atoms with Crippen molar-refractivity contribution >= 4 is 32.5 Å². The zero-order valence-corrected chi connectivity index (χ0v) is 17.5. The molecule has 8 heteroatoms. The first-order valence-electron chi connectivity index (χ1n) is 9.62. The number of fused-ring (bicyclic) bond motifs is 2. The van der Waals surface area contributed by atoms with Gasteiger partial charge in [-0.15, -0.1) is 0 Å². The van der Waals surface area contributed by atoms with E-state index in [1.165, 1.54) is 10.4 Å². The van der Waals surface area contributed by atoms with Crippen LogP contribution in [-0.4, -0.2) is 33.1 Å². The van der Waals surface area contributed by atoms with Gasteiger partial charge in [-0.1, -0.05) is 0 Å². The number of anilines is 1. The van der Waals surface area contributed by atoms with Gasteiger partial charge in [-0.3, -0.25) is 9.10 Å². The molecule has 0 saturated carbocycles. The Hall–Kier alpha value is -3.13. The van der Waals surface area contributed by atoms with E-state index in [0.29, 0.717) is 35.5 Å². The van der Waals surface area contributed by atoms with Crippen LogP contribution in [0.5, 0.6) is 5.75 Å². The quantitative estimate of drug-likeness (QED) is 0.443. The zero-order valence-electron chi connectivity index (χ0n) is 16.7. The van der Waals surface area contributed by atoms with Gasteiger partial charge in [0.2, 0.25) is 10.0 Å². The summed E-state index contributed by atoms with van der Waals surface area (Å²) in [5.74, 6) is 0.234. The molecule has 30 heavy (non-hydrogen) atoms. The van der Waals surface area contributed by atoms with Gasteiger partial charge in [0.15, 0.2) is 12.4 Å². The summed E-state index contributed by atoms with van der Waals surface area (Å²) < 4.78 is 36.6. The van der Waals surface area contributed by atoms with Crippen molar-refractivity contribution in [3.05, 3.63) is 69.6 Å². The topological polar surface area (TPSA) is 93.9 Å². The molecule has 7 nitrogen and oxygen atoms in total. The van der Waals surface area contributed by atoms with Gasteiger partial charge >= 0.3 is 5.63 Å². The van der Waals surface area contributed by atoms with Crippen LogP contribution >= 0.6 is 0 Å². The van der Waals surface area contributed by atoms with E-state index in [-0.39, 0.29) is 18.1 Å². The smallest absolute Gasteiger partial charge is 0.336 e. The Morgan fingerprint density at radius 1 is 1.17 bits per heavy atom. The van der Waals surface area contributed by atoms with E-state index in [2.05, 4.69) is 0 Å². The minimum absolute atomic E-state index is 0.0341. The van der Waals surface area contributed by atoms with E-state index in [0.717, 1.165) is 16.5 Å². The first kappa shape index (κ1) is 20.2. The molecule has 2 aromatic carbocycles. The summed E-state index contributed by atoms with van der Waals surface area (Å²) >= 11 is 0. The van der Waals surface area contributed by atoms with Crippen molar-refractivity contribution in [1.29, 1.82) is 0 Å². The number of carbonyl (C=O) groups is 1. The van der Waals surface area contributed by atoms with E-state index in [1.54, 1.807) is 43.3 Å². The zero-order chi connectivity index (χ0) is 21.5. The first-order valence-corrected chi connectivity index (χ1v) is 11.2. The maximum absolute atomic E-state index is 12.6. The van der Waals surface area contributed by atoms with Crippen molar-refractivity contribution in [2.75, 3.05) is 23.2 Å². The molecule has 0 N–H and O–H groups in total. The summed E-state index contributed by atoms with van der Waals surface area (Å²) in [5, 5.41) is 0.804. The fraction of sp³-hybridized carbons (Fsp3) is 0.273. The number of nitrogens with zero attached hydrogens (tertiary/aromatic N) is 1. The highest BCUT2D eigenvalue weighted by atomic mass is 32.2. The average molecular weight is 427 g/mol. The second-order valence-electron chi connectivity index (χ2n) is 7.18. The Bertz CT molecular complexity index is 1310. The lowest BCUT2D eigenvalue weighted by atomic mass is 10.1. The predicted molar refractivity (Wildman–Crippen MR) is 114 cm³/mol. The third-order valence-corrected chi connectivity index (χ3v) is 7.03. The molecule has 3 aromatic rings. The molecule has 0 atom stereocenters. The molecule has 4 rings (SSSR count). The minimum atomic E-state index is -3.32. The number of hydrogen-bond donors (Lipinski definition) is 0. The number of Topliss-reactive ketones (excluding diaryl/α,β-unsaturated/α-hetero) is 1. The SMILES string of the molecule is CCS(=O)(=O)N1CCc2cc(C(=O)COc3ccc4c(C)cc(=O)oc4c3)ccc21. The van der Waals surface area contributed by atoms with Gasteiger partial charge in [0, 0.05) is 29.6 Å². The van der Waals surface area contributed by atoms with Crippen molar-refractivity contribution in [3.63, 3.8) is 0 Å². The third-order valence-electron chi connectivity index (χ3n) is 5.25. The van der Waals surface area contributed by atoms with E-state index in [9.17, 15) is 18.0 Å². The Labute approximate surface area is 173 Å². The number of rotatable bonds is 6. The lowest BCUT2D eigenvalue weighted by Crippen LogP contribution is -2.30. The Kier molecular flexibility index (Phi) is 5.11. The van der Waals surface area contributed by atoms with Crippen molar-refractivity contribution in [2.45, 2.75) is 20.3 Å². The molecule has 0 aliphatic carbocycles. The number of aryl methyl sites for hydroxylation is 1. The molecule has 0 unspecified atom stereocenters. The summed E-state index contributed by atoms with van der Waals surface area (Å²) in [6.45, 7) is 3.64. The Morgan fingerprint density at radius 2 is 1.97 bits per heavy atom. The van der Waals surface area contributed by atoms with Crippen molar-refractivity contribution in [2.24, 2.45) is 0 Å². The average Bonchev–Trinajstić information content (AvgIpc) is 3.15. The molecule has 2 heterocycles. The van der Waals surface area contributed by atoms with Crippen LogP contribution in [-0.2, 0) is 16.4 Å². The predicted octanol–water partition coefficient (Wildman–Crippen LogP) is 3.08. The number of ether oxygens (including phenoxy) is 1. The second kappa shape index (κ2) is 7.60. The lowest BCUT2D eigenvalue weighted by Gasteiger charge is -2.18. The van der Waals surface area contributed by atoms with Crippen LogP contribution in [0.2, 0.25) is 0 Å². The number of sulfonamides is 1. The summed E-state index contributed by atoms with van der Waals surface area (Å²) in [4.78, 5) is 24.2. The third kappa shape index (κ3) is 3.70. The van der Waals surface area contributed by atoms with Gasteiger partial charge in [-0.2, -0.15) is 0 Å². The monoisotopic (exact) mass is 427 g/mol. The van der Waals surface area contributed by atoms with Crippen molar-refractivity contribution < 1.29 is 22.4 Å². The Balaban J connectivity index is 1.50. The van der Waals surface area contributed by atoms with Crippen LogP contribution in [0, 0.1) is 6.92 Å². The maximum Gasteiger partial charge on any atom is 0.336 e. The highest BCUT2D eigenvalue weighted by Gasteiger charge is 2.28. The number of ketones is 1. The number of hydrogen-bond acceptors (Lipinski definition) is 6. The maximum atomic E-state index is 12.6. The Morgan fingerprint density at radius 3 is 2.73 bits per heavy atom. The molecule has 1 aromatic heterocycles. The van der Waals surface area contributed by atoms with Gasteiger partial charge in [0.05, 0.1) is 11.4 Å². The van der Waals surface area contributed by atoms with Crippen molar-refractivity contribution in [3.8, 4) is 5.75 Å². The molecule has 0 bridgehead atoms. The molecule has 1 aliphatic rings. The molecule has 0 amide bonds. The molecule has 0 spiro atoms. The van der Waals surface area contributed by atoms with Gasteiger partial charge in [-0.25, -0.2) is 13.2 Å². The van der Waals surface area contributed by atoms with Crippen molar-refractivity contribution in [1.82, 2.24) is 0 Å². The summed E-state index contributed by atoms with van der Waals surface area (Å²) in [7, 11) is -3.32. The number of benzene rings is 2. The minimum Gasteiger partial charge on any atom is -0.485 e. The summed E-state index contributed by atoms with van der Waals surface area (Å²) in [6, 6.07) is 11.5. The van der Waals surface area contributed by atoms with E-state index in [1.807, 2.05) is 6.92 Å². The first-order chi connectivity index (χ1) is 14.3. The molecular weight excluding hydrogens is 406 g/mol. The molecule has 0 fully saturated rings. The molecule has 0 radical (unpaired) electrons. The van der Waals surface area contributed by atoms with E-state index >= 15 is 0 Å². The van der Waals surface area contributed by atoms with Crippen LogP contribution in [0.1, 0.15) is 28.4 Å². The van der Waals surface area contributed by atoms with Gasteiger partial charge in [-0.05, 0) is 61.7 Å².